The first-order valence-electron chi connectivity index (χ1n) is 5.22. The lowest BCUT2D eigenvalue weighted by molar-refractivity contribution is -0.131. The van der Waals surface area contributed by atoms with Crippen LogP contribution in [0.4, 0.5) is 0 Å². The highest BCUT2D eigenvalue weighted by molar-refractivity contribution is 7.88. The molecule has 0 spiro atoms. The predicted octanol–water partition coefficient (Wildman–Crippen LogP) is -0.454. The van der Waals surface area contributed by atoms with Crippen LogP contribution < -0.4 is 4.72 Å². The number of amides is 1. The average molecular weight is 232 g/mol. The Bertz CT molecular complexity index is 362. The molecular formula is C9H16N2O3S. The third-order valence-electron chi connectivity index (χ3n) is 2.81. The molecule has 1 aliphatic heterocycles. The van der Waals surface area contributed by atoms with Gasteiger partial charge in [-0.1, -0.05) is 0 Å². The summed E-state index contributed by atoms with van der Waals surface area (Å²) in [6, 6.07) is -0.0947. The van der Waals surface area contributed by atoms with Crippen molar-refractivity contribution in [2.75, 3.05) is 19.3 Å². The van der Waals surface area contributed by atoms with E-state index in [2.05, 4.69) is 4.72 Å². The number of nitrogens with one attached hydrogen (secondary N) is 1. The maximum absolute atomic E-state index is 11.7. The molecule has 2 rings (SSSR count). The van der Waals surface area contributed by atoms with Crippen molar-refractivity contribution in [3.8, 4) is 0 Å². The summed E-state index contributed by atoms with van der Waals surface area (Å²) in [5, 5.41) is 0. The molecule has 2 fully saturated rings. The Morgan fingerprint density at radius 3 is 2.53 bits per heavy atom. The minimum Gasteiger partial charge on any atom is -0.341 e. The maximum atomic E-state index is 11.7. The molecule has 0 bridgehead atoms. The molecule has 1 heterocycles. The van der Waals surface area contributed by atoms with Gasteiger partial charge in [0.05, 0.1) is 6.26 Å². The first kappa shape index (κ1) is 10.9. The molecule has 1 saturated heterocycles. The summed E-state index contributed by atoms with van der Waals surface area (Å²) in [6.07, 6.45) is 3.88. The Balaban J connectivity index is 1.86. The molecule has 1 aliphatic carbocycles. The molecule has 0 radical (unpaired) electrons. The number of carbonyl (C=O) groups is 1. The van der Waals surface area contributed by atoms with E-state index in [0.29, 0.717) is 13.1 Å². The van der Waals surface area contributed by atoms with Crippen LogP contribution in [-0.2, 0) is 14.8 Å². The highest BCUT2D eigenvalue weighted by atomic mass is 32.2. The SMILES string of the molecule is CS(=O)(=O)N[C@@H]1CCN(C(=O)C2CC2)C1. The second-order valence-corrected chi connectivity index (χ2v) is 6.21. The van der Waals surface area contributed by atoms with Crippen LogP contribution in [0.5, 0.6) is 0 Å². The normalized spacial score (nSPS) is 27.0. The van der Waals surface area contributed by atoms with Crippen LogP contribution in [0.15, 0.2) is 0 Å². The van der Waals surface area contributed by atoms with Gasteiger partial charge in [-0.25, -0.2) is 13.1 Å². The first-order chi connectivity index (χ1) is 6.96. The summed E-state index contributed by atoms with van der Waals surface area (Å²) < 4.78 is 24.5. The standard InChI is InChI=1S/C9H16N2O3S/c1-15(13,14)10-8-4-5-11(6-8)9(12)7-2-3-7/h7-8,10H,2-6H2,1H3/t8-/m1/s1. The second kappa shape index (κ2) is 3.75. The summed E-state index contributed by atoms with van der Waals surface area (Å²) in [7, 11) is -3.15. The number of hydrogen-bond acceptors (Lipinski definition) is 3. The van der Waals surface area contributed by atoms with Crippen LogP contribution >= 0.6 is 0 Å². The van der Waals surface area contributed by atoms with Crippen molar-refractivity contribution in [3.05, 3.63) is 0 Å². The van der Waals surface area contributed by atoms with Gasteiger partial charge in [0.1, 0.15) is 0 Å². The molecule has 1 atom stereocenters. The smallest absolute Gasteiger partial charge is 0.225 e. The Morgan fingerprint density at radius 1 is 1.33 bits per heavy atom. The van der Waals surface area contributed by atoms with Gasteiger partial charge in [-0.2, -0.15) is 0 Å². The van der Waals surface area contributed by atoms with Crippen molar-refractivity contribution >= 4 is 15.9 Å². The molecule has 1 amide bonds. The highest BCUT2D eigenvalue weighted by Gasteiger charge is 2.36. The average Bonchev–Trinajstić information content (AvgIpc) is 2.85. The fourth-order valence-electron chi connectivity index (χ4n) is 1.95. The van der Waals surface area contributed by atoms with E-state index in [-0.39, 0.29) is 17.9 Å². The van der Waals surface area contributed by atoms with Gasteiger partial charge >= 0.3 is 0 Å². The van der Waals surface area contributed by atoms with Crippen LogP contribution in [0.2, 0.25) is 0 Å². The number of sulfonamides is 1. The summed E-state index contributed by atoms with van der Waals surface area (Å²) in [4.78, 5) is 13.4. The minimum absolute atomic E-state index is 0.0947. The Morgan fingerprint density at radius 2 is 2.00 bits per heavy atom. The van der Waals surface area contributed by atoms with Crippen molar-refractivity contribution in [2.45, 2.75) is 25.3 Å². The van der Waals surface area contributed by atoms with Crippen molar-refractivity contribution in [1.82, 2.24) is 9.62 Å². The van der Waals surface area contributed by atoms with Gasteiger partial charge in [-0.05, 0) is 19.3 Å². The van der Waals surface area contributed by atoms with Gasteiger partial charge in [0.2, 0.25) is 15.9 Å². The number of carbonyl (C=O) groups excluding carboxylic acids is 1. The molecule has 0 aromatic rings. The van der Waals surface area contributed by atoms with E-state index in [0.717, 1.165) is 25.5 Å². The molecule has 86 valence electrons. The fourth-order valence-corrected chi connectivity index (χ4v) is 2.75. The fraction of sp³-hybridized carbons (Fsp3) is 0.889. The van der Waals surface area contributed by atoms with E-state index in [1.807, 2.05) is 0 Å². The molecule has 0 aromatic carbocycles. The molecule has 0 aromatic heterocycles. The lowest BCUT2D eigenvalue weighted by atomic mass is 10.3. The molecule has 15 heavy (non-hydrogen) atoms. The maximum Gasteiger partial charge on any atom is 0.225 e. The van der Waals surface area contributed by atoms with Crippen LogP contribution in [-0.4, -0.2) is 44.6 Å². The minimum atomic E-state index is -3.15. The number of rotatable bonds is 3. The van der Waals surface area contributed by atoms with Gasteiger partial charge < -0.3 is 4.90 Å². The Hall–Kier alpha value is -0.620. The molecule has 1 N–H and O–H groups in total. The molecular weight excluding hydrogens is 216 g/mol. The van der Waals surface area contributed by atoms with Crippen LogP contribution in [0, 0.1) is 5.92 Å². The van der Waals surface area contributed by atoms with Gasteiger partial charge in [0, 0.05) is 25.0 Å². The van der Waals surface area contributed by atoms with E-state index < -0.39 is 10.0 Å². The summed E-state index contributed by atoms with van der Waals surface area (Å²) in [5.74, 6) is 0.426. The molecule has 2 aliphatic rings. The van der Waals surface area contributed by atoms with Crippen LogP contribution in [0.1, 0.15) is 19.3 Å². The van der Waals surface area contributed by atoms with E-state index in [1.165, 1.54) is 0 Å². The van der Waals surface area contributed by atoms with Gasteiger partial charge in [0.15, 0.2) is 0 Å². The summed E-state index contributed by atoms with van der Waals surface area (Å²) >= 11 is 0. The topological polar surface area (TPSA) is 66.5 Å². The lowest BCUT2D eigenvalue weighted by Gasteiger charge is -2.16. The third kappa shape index (κ3) is 2.92. The largest absolute Gasteiger partial charge is 0.341 e. The quantitative estimate of drug-likeness (QED) is 0.716. The Labute approximate surface area is 89.9 Å². The monoisotopic (exact) mass is 232 g/mol. The lowest BCUT2D eigenvalue weighted by Crippen LogP contribution is -2.38. The van der Waals surface area contributed by atoms with E-state index in [4.69, 9.17) is 0 Å². The molecule has 5 nitrogen and oxygen atoms in total. The third-order valence-corrected chi connectivity index (χ3v) is 3.57. The van der Waals surface area contributed by atoms with Gasteiger partial charge in [-0.15, -0.1) is 0 Å². The zero-order valence-corrected chi connectivity index (χ0v) is 9.59. The predicted molar refractivity (Wildman–Crippen MR) is 55.7 cm³/mol. The zero-order chi connectivity index (χ0) is 11.1. The van der Waals surface area contributed by atoms with Gasteiger partial charge in [-0.3, -0.25) is 4.79 Å². The Kier molecular flexibility index (Phi) is 2.72. The summed E-state index contributed by atoms with van der Waals surface area (Å²) in [6.45, 7) is 1.21. The molecule has 6 heteroatoms. The van der Waals surface area contributed by atoms with Crippen molar-refractivity contribution < 1.29 is 13.2 Å². The number of likely N-dealkylation sites (tertiary alicyclic amines) is 1. The number of hydrogen-bond donors (Lipinski definition) is 1. The van der Waals surface area contributed by atoms with E-state index >= 15 is 0 Å². The van der Waals surface area contributed by atoms with Crippen molar-refractivity contribution in [2.24, 2.45) is 5.92 Å². The van der Waals surface area contributed by atoms with Crippen molar-refractivity contribution in [3.63, 3.8) is 0 Å². The van der Waals surface area contributed by atoms with E-state index in [1.54, 1.807) is 4.90 Å². The molecule has 1 saturated carbocycles. The van der Waals surface area contributed by atoms with Crippen LogP contribution in [0.25, 0.3) is 0 Å². The summed E-state index contributed by atoms with van der Waals surface area (Å²) in [5.41, 5.74) is 0. The number of nitrogens with zero attached hydrogens (tertiary/aromatic N) is 1. The van der Waals surface area contributed by atoms with E-state index in [9.17, 15) is 13.2 Å². The highest BCUT2D eigenvalue weighted by Crippen LogP contribution is 2.32. The second-order valence-electron chi connectivity index (χ2n) is 4.43. The van der Waals surface area contributed by atoms with Crippen molar-refractivity contribution in [1.29, 1.82) is 0 Å². The van der Waals surface area contributed by atoms with Gasteiger partial charge in [0.25, 0.3) is 0 Å². The molecule has 0 unspecified atom stereocenters. The van der Waals surface area contributed by atoms with Crippen LogP contribution in [0.3, 0.4) is 0 Å². The first-order valence-corrected chi connectivity index (χ1v) is 7.11. The zero-order valence-electron chi connectivity index (χ0n) is 8.77.